The van der Waals surface area contributed by atoms with E-state index in [4.69, 9.17) is 18.6 Å². The largest absolute Gasteiger partial charge is 0.497 e. The van der Waals surface area contributed by atoms with Gasteiger partial charge in [0.05, 0.1) is 12.8 Å². The van der Waals surface area contributed by atoms with Crippen LogP contribution in [0.1, 0.15) is 26.5 Å². The summed E-state index contributed by atoms with van der Waals surface area (Å²) in [5, 5.41) is 3.48. The van der Waals surface area contributed by atoms with Gasteiger partial charge < -0.3 is 23.9 Å². The van der Waals surface area contributed by atoms with Crippen LogP contribution in [0.15, 0.2) is 71.1 Å². The van der Waals surface area contributed by atoms with Gasteiger partial charge in [-0.3, -0.25) is 9.59 Å². The summed E-state index contributed by atoms with van der Waals surface area (Å²) in [5.74, 6) is 0.927. The number of para-hydroxylation sites is 1. The summed E-state index contributed by atoms with van der Waals surface area (Å²) in [6.07, 6.45) is 0. The van der Waals surface area contributed by atoms with Crippen LogP contribution in [0.3, 0.4) is 0 Å². The normalized spacial score (nSPS) is 12.4. The number of rotatable bonds is 5. The van der Waals surface area contributed by atoms with Gasteiger partial charge >= 0.3 is 0 Å². The van der Waals surface area contributed by atoms with Crippen molar-refractivity contribution in [3.8, 4) is 17.2 Å². The van der Waals surface area contributed by atoms with Crippen LogP contribution in [0, 0.1) is 0 Å². The van der Waals surface area contributed by atoms with Gasteiger partial charge in [-0.15, -0.1) is 0 Å². The Labute approximate surface area is 183 Å². The summed E-state index contributed by atoms with van der Waals surface area (Å²) in [6, 6.07) is 18.9. The van der Waals surface area contributed by atoms with Crippen molar-refractivity contribution in [3.05, 3.63) is 83.6 Å². The van der Waals surface area contributed by atoms with Gasteiger partial charge in [-0.05, 0) is 48.5 Å². The van der Waals surface area contributed by atoms with Gasteiger partial charge in [0.15, 0.2) is 17.3 Å². The Kier molecular flexibility index (Phi) is 4.99. The second-order valence-electron chi connectivity index (χ2n) is 7.18. The van der Waals surface area contributed by atoms with E-state index in [2.05, 4.69) is 5.32 Å². The van der Waals surface area contributed by atoms with Crippen molar-refractivity contribution < 1.29 is 28.2 Å². The number of benzene rings is 3. The van der Waals surface area contributed by atoms with E-state index in [1.165, 1.54) is 7.11 Å². The summed E-state index contributed by atoms with van der Waals surface area (Å²) in [6.45, 7) is 0.876. The fourth-order valence-corrected chi connectivity index (χ4v) is 3.60. The summed E-state index contributed by atoms with van der Waals surface area (Å²) >= 11 is 0. The third kappa shape index (κ3) is 3.54. The first-order chi connectivity index (χ1) is 15.6. The lowest BCUT2D eigenvalue weighted by Crippen LogP contribution is -2.16. The molecule has 0 bridgehead atoms. The zero-order chi connectivity index (χ0) is 22.1. The smallest absolute Gasteiger partial charge is 0.255 e. The van der Waals surface area contributed by atoms with Gasteiger partial charge in [0.25, 0.3) is 5.91 Å². The van der Waals surface area contributed by atoms with Crippen molar-refractivity contribution >= 4 is 28.3 Å². The first kappa shape index (κ1) is 19.7. The summed E-state index contributed by atoms with van der Waals surface area (Å²) in [4.78, 5) is 26.4. The number of methoxy groups -OCH3 is 1. The summed E-state index contributed by atoms with van der Waals surface area (Å²) in [7, 11) is 1.53. The SMILES string of the molecule is COc1cccc(C(=O)Nc2c(C(=O)c3ccc4c(c3)OCCO4)oc3ccccc23)c1. The molecule has 1 amide bonds. The summed E-state index contributed by atoms with van der Waals surface area (Å²) in [5.41, 5.74) is 1.57. The Morgan fingerprint density at radius 1 is 0.875 bits per heavy atom. The number of hydrogen-bond donors (Lipinski definition) is 1. The maximum atomic E-state index is 13.4. The molecule has 5 rings (SSSR count). The number of carbonyl (C=O) groups is 2. The second-order valence-corrected chi connectivity index (χ2v) is 7.18. The van der Waals surface area contributed by atoms with Crippen molar-refractivity contribution in [2.75, 3.05) is 25.6 Å². The molecule has 0 saturated heterocycles. The number of anilines is 1. The van der Waals surface area contributed by atoms with E-state index in [1.54, 1.807) is 60.7 Å². The quantitative estimate of drug-likeness (QED) is 0.463. The van der Waals surface area contributed by atoms with E-state index in [0.29, 0.717) is 58.2 Å². The second kappa shape index (κ2) is 8.11. The Morgan fingerprint density at radius 3 is 2.53 bits per heavy atom. The molecule has 0 atom stereocenters. The molecule has 0 radical (unpaired) electrons. The molecule has 1 aliphatic heterocycles. The molecule has 0 unspecified atom stereocenters. The first-order valence-electron chi connectivity index (χ1n) is 10.1. The van der Waals surface area contributed by atoms with E-state index in [1.807, 2.05) is 6.07 Å². The Bertz CT molecular complexity index is 1340. The summed E-state index contributed by atoms with van der Waals surface area (Å²) < 4.78 is 22.2. The fraction of sp³-hybridized carbons (Fsp3) is 0.120. The van der Waals surface area contributed by atoms with Gasteiger partial charge in [-0.25, -0.2) is 0 Å². The molecular formula is C25H19NO6. The van der Waals surface area contributed by atoms with Gasteiger partial charge in [0.2, 0.25) is 5.78 Å². The van der Waals surface area contributed by atoms with Gasteiger partial charge in [-0.2, -0.15) is 0 Å². The Hall–Kier alpha value is -4.26. The van der Waals surface area contributed by atoms with Gasteiger partial charge in [0.1, 0.15) is 24.5 Å². The lowest BCUT2D eigenvalue weighted by Gasteiger charge is -2.18. The predicted molar refractivity (Wildman–Crippen MR) is 118 cm³/mol. The molecule has 1 aliphatic rings. The van der Waals surface area contributed by atoms with Crippen LogP contribution in [-0.2, 0) is 0 Å². The molecular weight excluding hydrogens is 410 g/mol. The zero-order valence-electron chi connectivity index (χ0n) is 17.2. The molecule has 7 heteroatoms. The molecule has 1 aromatic heterocycles. The Morgan fingerprint density at radius 2 is 1.69 bits per heavy atom. The number of furan rings is 1. The van der Waals surface area contributed by atoms with Crippen molar-refractivity contribution in [2.24, 2.45) is 0 Å². The molecule has 0 saturated carbocycles. The predicted octanol–water partition coefficient (Wildman–Crippen LogP) is 4.70. The van der Waals surface area contributed by atoms with Crippen LogP contribution in [0.5, 0.6) is 17.2 Å². The number of ketones is 1. The monoisotopic (exact) mass is 429 g/mol. The molecule has 32 heavy (non-hydrogen) atoms. The van der Waals surface area contributed by atoms with E-state index < -0.39 is 0 Å². The maximum Gasteiger partial charge on any atom is 0.255 e. The van der Waals surface area contributed by atoms with Crippen LogP contribution in [0.4, 0.5) is 5.69 Å². The number of nitrogens with one attached hydrogen (secondary N) is 1. The zero-order valence-corrected chi connectivity index (χ0v) is 17.2. The minimum Gasteiger partial charge on any atom is -0.497 e. The van der Waals surface area contributed by atoms with Crippen molar-refractivity contribution in [2.45, 2.75) is 0 Å². The standard InChI is InChI=1S/C25H19NO6/c1-29-17-6-4-5-16(13-17)25(28)26-22-18-7-2-3-8-19(18)32-24(22)23(27)15-9-10-20-21(14-15)31-12-11-30-20/h2-10,13-14H,11-12H2,1H3,(H,26,28). The molecule has 1 N–H and O–H groups in total. The lowest BCUT2D eigenvalue weighted by atomic mass is 10.1. The van der Waals surface area contributed by atoms with Crippen LogP contribution < -0.4 is 19.5 Å². The highest BCUT2D eigenvalue weighted by Crippen LogP contribution is 2.35. The van der Waals surface area contributed by atoms with Crippen LogP contribution in [0.25, 0.3) is 11.0 Å². The maximum absolute atomic E-state index is 13.4. The van der Waals surface area contributed by atoms with Gasteiger partial charge in [-0.1, -0.05) is 18.2 Å². The average Bonchev–Trinajstić information content (AvgIpc) is 3.21. The highest BCUT2D eigenvalue weighted by atomic mass is 16.6. The number of amides is 1. The van der Waals surface area contributed by atoms with Crippen molar-refractivity contribution in [1.29, 1.82) is 0 Å². The van der Waals surface area contributed by atoms with E-state index in [-0.39, 0.29) is 17.5 Å². The third-order valence-corrected chi connectivity index (χ3v) is 5.18. The number of ether oxygens (including phenoxy) is 3. The number of fused-ring (bicyclic) bond motifs is 2. The first-order valence-corrected chi connectivity index (χ1v) is 10.1. The molecule has 0 spiro atoms. The van der Waals surface area contributed by atoms with E-state index in [0.717, 1.165) is 0 Å². The molecule has 160 valence electrons. The molecule has 4 aromatic rings. The van der Waals surface area contributed by atoms with Crippen LogP contribution in [-0.4, -0.2) is 32.0 Å². The average molecular weight is 429 g/mol. The molecule has 0 aliphatic carbocycles. The third-order valence-electron chi connectivity index (χ3n) is 5.18. The van der Waals surface area contributed by atoms with Crippen molar-refractivity contribution in [3.63, 3.8) is 0 Å². The van der Waals surface area contributed by atoms with Gasteiger partial charge in [0, 0.05) is 16.5 Å². The highest BCUT2D eigenvalue weighted by molar-refractivity contribution is 6.19. The molecule has 2 heterocycles. The minimum absolute atomic E-state index is 0.0409. The van der Waals surface area contributed by atoms with Crippen LogP contribution in [0.2, 0.25) is 0 Å². The van der Waals surface area contributed by atoms with E-state index >= 15 is 0 Å². The van der Waals surface area contributed by atoms with Crippen LogP contribution >= 0.6 is 0 Å². The Balaban J connectivity index is 1.54. The van der Waals surface area contributed by atoms with Crippen molar-refractivity contribution in [1.82, 2.24) is 0 Å². The molecule has 0 fully saturated rings. The number of carbonyl (C=O) groups excluding carboxylic acids is 2. The minimum atomic E-state index is -0.383. The lowest BCUT2D eigenvalue weighted by molar-refractivity contribution is 0.101. The number of hydrogen-bond acceptors (Lipinski definition) is 6. The molecule has 3 aromatic carbocycles. The topological polar surface area (TPSA) is 87.0 Å². The fourth-order valence-electron chi connectivity index (χ4n) is 3.60. The van der Waals surface area contributed by atoms with E-state index in [9.17, 15) is 9.59 Å². The highest BCUT2D eigenvalue weighted by Gasteiger charge is 2.25. The molecule has 7 nitrogen and oxygen atoms in total.